The third kappa shape index (κ3) is 3.09. The topological polar surface area (TPSA) is 60.9 Å². The Morgan fingerprint density at radius 3 is 2.72 bits per heavy atom. The van der Waals surface area contributed by atoms with Crippen molar-refractivity contribution < 1.29 is 14.7 Å². The summed E-state index contributed by atoms with van der Waals surface area (Å²) in [6, 6.07) is 0.0779. The van der Waals surface area contributed by atoms with Gasteiger partial charge in [0, 0.05) is 19.0 Å². The molecule has 0 aromatic rings. The van der Waals surface area contributed by atoms with Crippen molar-refractivity contribution in [3.8, 4) is 0 Å². The highest BCUT2D eigenvalue weighted by atomic mass is 16.3. The van der Waals surface area contributed by atoms with Crippen LogP contribution < -0.4 is 0 Å². The summed E-state index contributed by atoms with van der Waals surface area (Å²) in [6.45, 7) is 1.78. The van der Waals surface area contributed by atoms with Crippen LogP contribution in [0, 0.1) is 0 Å². The van der Waals surface area contributed by atoms with E-state index in [1.165, 1.54) is 4.90 Å². The summed E-state index contributed by atoms with van der Waals surface area (Å²) in [7, 11) is 0. The normalized spacial score (nSPS) is 26.4. The average molecular weight is 254 g/mol. The lowest BCUT2D eigenvalue weighted by molar-refractivity contribution is -0.143. The van der Waals surface area contributed by atoms with Gasteiger partial charge in [0.05, 0.1) is 13.2 Å². The summed E-state index contributed by atoms with van der Waals surface area (Å²) in [5.74, 6) is -0.145. The first kappa shape index (κ1) is 13.5. The number of aliphatic hydroxyl groups is 1. The van der Waals surface area contributed by atoms with Crippen molar-refractivity contribution in [2.75, 3.05) is 26.2 Å². The van der Waals surface area contributed by atoms with E-state index < -0.39 is 0 Å². The summed E-state index contributed by atoms with van der Waals surface area (Å²) in [4.78, 5) is 27.0. The van der Waals surface area contributed by atoms with Crippen LogP contribution >= 0.6 is 0 Å². The number of nitrogens with zero attached hydrogens (tertiary/aromatic N) is 2. The molecule has 2 saturated heterocycles. The molecule has 0 aromatic carbocycles. The number of hydrogen-bond acceptors (Lipinski definition) is 4. The summed E-state index contributed by atoms with van der Waals surface area (Å²) in [6.07, 6.45) is 5.56. The monoisotopic (exact) mass is 254 g/mol. The molecule has 18 heavy (non-hydrogen) atoms. The Labute approximate surface area is 108 Å². The third-order valence-electron chi connectivity index (χ3n) is 3.92. The minimum absolute atomic E-state index is 0.0460. The fraction of sp³-hybridized carbons (Fsp3) is 0.846. The molecule has 5 heteroatoms. The van der Waals surface area contributed by atoms with E-state index in [4.69, 9.17) is 0 Å². The van der Waals surface area contributed by atoms with Crippen LogP contribution in [-0.2, 0) is 9.59 Å². The molecule has 102 valence electrons. The zero-order valence-corrected chi connectivity index (χ0v) is 10.8. The number of amides is 2. The molecule has 0 radical (unpaired) electrons. The van der Waals surface area contributed by atoms with E-state index in [-0.39, 0.29) is 31.0 Å². The Morgan fingerprint density at radius 2 is 2.06 bits per heavy atom. The Morgan fingerprint density at radius 1 is 1.22 bits per heavy atom. The van der Waals surface area contributed by atoms with Gasteiger partial charge in [0.2, 0.25) is 11.8 Å². The molecule has 1 atom stereocenters. The van der Waals surface area contributed by atoms with Crippen LogP contribution in [0.1, 0.15) is 38.5 Å². The number of aliphatic hydroxyl groups excluding tert-OH is 1. The molecule has 0 aromatic heterocycles. The molecule has 0 spiro atoms. The predicted molar refractivity (Wildman–Crippen MR) is 66.9 cm³/mol. The van der Waals surface area contributed by atoms with Crippen molar-refractivity contribution in [1.82, 2.24) is 9.80 Å². The first-order valence-corrected chi connectivity index (χ1v) is 6.90. The second kappa shape index (κ2) is 6.29. The van der Waals surface area contributed by atoms with E-state index in [0.717, 1.165) is 38.6 Å². The van der Waals surface area contributed by atoms with Gasteiger partial charge in [0.1, 0.15) is 0 Å². The van der Waals surface area contributed by atoms with E-state index >= 15 is 0 Å². The smallest absolute Gasteiger partial charge is 0.243 e. The van der Waals surface area contributed by atoms with E-state index in [1.54, 1.807) is 0 Å². The molecule has 2 aliphatic rings. The number of hydrogen-bond donors (Lipinski definition) is 1. The second-order valence-electron chi connectivity index (χ2n) is 5.20. The van der Waals surface area contributed by atoms with Crippen LogP contribution in [0.4, 0.5) is 0 Å². The maximum absolute atomic E-state index is 12.1. The summed E-state index contributed by atoms with van der Waals surface area (Å²) >= 11 is 0. The molecule has 2 amide bonds. The Bertz CT molecular complexity index is 319. The summed E-state index contributed by atoms with van der Waals surface area (Å²) in [5, 5.41) is 9.38. The van der Waals surface area contributed by atoms with Gasteiger partial charge in [-0.05, 0) is 25.8 Å². The van der Waals surface area contributed by atoms with Gasteiger partial charge in [0.15, 0.2) is 0 Å². The third-order valence-corrected chi connectivity index (χ3v) is 3.92. The number of imide groups is 1. The zero-order chi connectivity index (χ0) is 13.0. The van der Waals surface area contributed by atoms with Gasteiger partial charge < -0.3 is 5.11 Å². The summed E-state index contributed by atoms with van der Waals surface area (Å²) < 4.78 is 0. The van der Waals surface area contributed by atoms with Crippen LogP contribution in [0.2, 0.25) is 0 Å². The van der Waals surface area contributed by atoms with E-state index in [2.05, 4.69) is 0 Å². The SMILES string of the molecule is O=C1CCCN1C(=O)CN1CCCCCC1CO. The Hall–Kier alpha value is -0.940. The maximum atomic E-state index is 12.1. The van der Waals surface area contributed by atoms with Crippen molar-refractivity contribution in [2.45, 2.75) is 44.6 Å². The van der Waals surface area contributed by atoms with Crippen molar-refractivity contribution >= 4 is 11.8 Å². The number of carbonyl (C=O) groups excluding carboxylic acids is 2. The van der Waals surface area contributed by atoms with Crippen LogP contribution in [0.15, 0.2) is 0 Å². The lowest BCUT2D eigenvalue weighted by Gasteiger charge is -2.29. The van der Waals surface area contributed by atoms with E-state index in [1.807, 2.05) is 4.90 Å². The highest BCUT2D eigenvalue weighted by Crippen LogP contribution is 2.17. The highest BCUT2D eigenvalue weighted by molar-refractivity contribution is 5.97. The van der Waals surface area contributed by atoms with Crippen molar-refractivity contribution in [3.05, 3.63) is 0 Å². The lowest BCUT2D eigenvalue weighted by atomic mass is 10.1. The van der Waals surface area contributed by atoms with Gasteiger partial charge in [-0.3, -0.25) is 19.4 Å². The molecule has 0 bridgehead atoms. The average Bonchev–Trinajstić information content (AvgIpc) is 2.66. The van der Waals surface area contributed by atoms with Gasteiger partial charge in [0.25, 0.3) is 0 Å². The zero-order valence-electron chi connectivity index (χ0n) is 10.8. The van der Waals surface area contributed by atoms with Crippen molar-refractivity contribution in [2.24, 2.45) is 0 Å². The molecule has 2 rings (SSSR count). The van der Waals surface area contributed by atoms with Crippen LogP contribution in [-0.4, -0.2) is 59.0 Å². The number of likely N-dealkylation sites (tertiary alicyclic amines) is 2. The van der Waals surface area contributed by atoms with Gasteiger partial charge in [-0.15, -0.1) is 0 Å². The van der Waals surface area contributed by atoms with Gasteiger partial charge in [-0.25, -0.2) is 0 Å². The Balaban J connectivity index is 1.93. The minimum Gasteiger partial charge on any atom is -0.395 e. The number of rotatable bonds is 3. The van der Waals surface area contributed by atoms with Crippen molar-refractivity contribution in [1.29, 1.82) is 0 Å². The first-order valence-electron chi connectivity index (χ1n) is 6.90. The number of carbonyl (C=O) groups is 2. The standard InChI is InChI=1S/C13H22N2O3/c16-10-11-5-2-1-3-7-14(11)9-13(18)15-8-4-6-12(15)17/h11,16H,1-10H2. The van der Waals surface area contributed by atoms with Gasteiger partial charge in [-0.1, -0.05) is 12.8 Å². The predicted octanol–water partition coefficient (Wildman–Crippen LogP) is 0.372. The van der Waals surface area contributed by atoms with Crippen LogP contribution in [0.3, 0.4) is 0 Å². The van der Waals surface area contributed by atoms with E-state index in [0.29, 0.717) is 13.0 Å². The first-order chi connectivity index (χ1) is 8.72. The molecule has 2 aliphatic heterocycles. The van der Waals surface area contributed by atoms with Crippen LogP contribution in [0.5, 0.6) is 0 Å². The second-order valence-corrected chi connectivity index (χ2v) is 5.20. The molecule has 1 N–H and O–H groups in total. The minimum atomic E-state index is -0.0992. The Kier molecular flexibility index (Phi) is 4.72. The molecular formula is C13H22N2O3. The lowest BCUT2D eigenvalue weighted by Crippen LogP contribution is -2.46. The molecule has 0 aliphatic carbocycles. The molecule has 5 nitrogen and oxygen atoms in total. The van der Waals surface area contributed by atoms with E-state index in [9.17, 15) is 14.7 Å². The fourth-order valence-corrected chi connectivity index (χ4v) is 2.82. The fourth-order valence-electron chi connectivity index (χ4n) is 2.82. The van der Waals surface area contributed by atoms with Gasteiger partial charge >= 0.3 is 0 Å². The molecule has 1 unspecified atom stereocenters. The highest BCUT2D eigenvalue weighted by Gasteiger charge is 2.29. The molecular weight excluding hydrogens is 232 g/mol. The summed E-state index contributed by atoms with van der Waals surface area (Å²) in [5.41, 5.74) is 0. The maximum Gasteiger partial charge on any atom is 0.243 e. The molecule has 2 fully saturated rings. The van der Waals surface area contributed by atoms with Crippen LogP contribution in [0.25, 0.3) is 0 Å². The van der Waals surface area contributed by atoms with Crippen molar-refractivity contribution in [3.63, 3.8) is 0 Å². The quantitative estimate of drug-likeness (QED) is 0.790. The van der Waals surface area contributed by atoms with Gasteiger partial charge in [-0.2, -0.15) is 0 Å². The molecule has 0 saturated carbocycles. The molecule has 2 heterocycles. The largest absolute Gasteiger partial charge is 0.395 e.